The topological polar surface area (TPSA) is 38.8 Å². The Bertz CT molecular complexity index is 640. The number of nitrogens with zero attached hydrogens (tertiary/aromatic N) is 1. The molecule has 3 heterocycles. The largest absolute Gasteiger partial charge is 0.458 e. The fourth-order valence-electron chi connectivity index (χ4n) is 3.22. The van der Waals surface area contributed by atoms with Crippen molar-refractivity contribution < 1.29 is 14.3 Å². The summed E-state index contributed by atoms with van der Waals surface area (Å²) in [7, 11) is 0. The van der Waals surface area contributed by atoms with Crippen molar-refractivity contribution >= 4 is 17.2 Å². The minimum absolute atomic E-state index is 0.183. The Kier molecular flexibility index (Phi) is 3.66. The molecule has 2 aliphatic heterocycles. The zero-order chi connectivity index (χ0) is 14.9. The van der Waals surface area contributed by atoms with E-state index in [1.54, 1.807) is 11.3 Å². The first-order valence-corrected chi connectivity index (χ1v) is 8.74. The summed E-state index contributed by atoms with van der Waals surface area (Å²) in [6.07, 6.45) is 8.45. The summed E-state index contributed by atoms with van der Waals surface area (Å²) in [6, 6.07) is 2.05. The van der Waals surface area contributed by atoms with Gasteiger partial charge in [-0.15, -0.1) is 11.3 Å². The zero-order valence-electron chi connectivity index (χ0n) is 12.4. The summed E-state index contributed by atoms with van der Waals surface area (Å²) in [6.45, 7) is 2.12. The summed E-state index contributed by atoms with van der Waals surface area (Å²) in [5.74, 6) is 2.26. The number of hydrogen-bond donors (Lipinski definition) is 0. The van der Waals surface area contributed by atoms with E-state index in [4.69, 9.17) is 9.47 Å². The lowest BCUT2D eigenvalue weighted by Crippen LogP contribution is -2.35. The van der Waals surface area contributed by atoms with Gasteiger partial charge in [-0.3, -0.25) is 4.79 Å². The van der Waals surface area contributed by atoms with Crippen molar-refractivity contribution in [2.75, 3.05) is 19.9 Å². The van der Waals surface area contributed by atoms with Gasteiger partial charge in [0.2, 0.25) is 6.79 Å². The Hall–Kier alpha value is -1.75. The molecular formula is C17H19NO3S. The van der Waals surface area contributed by atoms with Gasteiger partial charge in [-0.05, 0) is 31.4 Å². The van der Waals surface area contributed by atoms with Gasteiger partial charge in [-0.25, -0.2) is 0 Å². The Morgan fingerprint density at radius 3 is 2.95 bits per heavy atom. The van der Waals surface area contributed by atoms with Crippen molar-refractivity contribution in [3.05, 3.63) is 45.6 Å². The smallest absolute Gasteiger partial charge is 0.254 e. The van der Waals surface area contributed by atoms with Crippen LogP contribution in [0.5, 0.6) is 0 Å². The van der Waals surface area contributed by atoms with E-state index in [-0.39, 0.29) is 11.8 Å². The van der Waals surface area contributed by atoms with E-state index in [0.29, 0.717) is 6.79 Å². The molecule has 0 aromatic carbocycles. The number of carbonyl (C=O) groups excluding carboxylic acids is 1. The molecule has 1 saturated heterocycles. The van der Waals surface area contributed by atoms with Crippen LogP contribution in [-0.4, -0.2) is 30.7 Å². The maximum atomic E-state index is 12.5. The molecule has 0 N–H and O–H groups in total. The number of ether oxygens (including phenoxy) is 2. The zero-order valence-corrected chi connectivity index (χ0v) is 13.2. The summed E-state index contributed by atoms with van der Waals surface area (Å²) >= 11 is 1.66. The predicted molar refractivity (Wildman–Crippen MR) is 84.6 cm³/mol. The molecule has 1 unspecified atom stereocenters. The molecule has 0 radical (unpaired) electrons. The van der Waals surface area contributed by atoms with Gasteiger partial charge in [0.25, 0.3) is 5.91 Å². The highest BCUT2D eigenvalue weighted by molar-refractivity contribution is 7.10. The van der Waals surface area contributed by atoms with Gasteiger partial charge in [0.1, 0.15) is 5.76 Å². The number of piperidine rings is 1. The van der Waals surface area contributed by atoms with Crippen LogP contribution in [0.3, 0.4) is 0 Å². The van der Waals surface area contributed by atoms with Gasteiger partial charge >= 0.3 is 0 Å². The minimum atomic E-state index is 0.183. The fraction of sp³-hybridized carbons (Fsp3) is 0.471. The van der Waals surface area contributed by atoms with E-state index in [1.807, 2.05) is 16.4 Å². The molecular weight excluding hydrogens is 298 g/mol. The van der Waals surface area contributed by atoms with Gasteiger partial charge in [0.05, 0.1) is 5.56 Å². The molecule has 1 aromatic heterocycles. The lowest BCUT2D eigenvalue weighted by molar-refractivity contribution is 0.0722. The van der Waals surface area contributed by atoms with Crippen molar-refractivity contribution in [3.63, 3.8) is 0 Å². The van der Waals surface area contributed by atoms with Crippen LogP contribution in [0.15, 0.2) is 35.1 Å². The minimum Gasteiger partial charge on any atom is -0.458 e. The van der Waals surface area contributed by atoms with Crippen LogP contribution in [0.1, 0.15) is 46.8 Å². The normalized spacial score (nSPS) is 24.0. The monoisotopic (exact) mass is 317 g/mol. The average Bonchev–Trinajstić information content (AvgIpc) is 3.23. The molecule has 3 aliphatic rings. The number of thiophene rings is 1. The van der Waals surface area contributed by atoms with Gasteiger partial charge in [0, 0.05) is 35.7 Å². The predicted octanol–water partition coefficient (Wildman–Crippen LogP) is 3.63. The molecule has 0 saturated carbocycles. The Morgan fingerprint density at radius 2 is 2.09 bits per heavy atom. The molecule has 5 heteroatoms. The van der Waals surface area contributed by atoms with E-state index in [2.05, 4.69) is 12.1 Å². The standard InChI is InChI=1S/C17H19NO3S/c19-17(18-6-2-1-3-7-18)13-9-16(22-10-13)12-4-5-14-15(8-12)21-11-20-14/h4-5,9-10,12H,1-3,6-8,11H2. The van der Waals surface area contributed by atoms with E-state index in [1.165, 1.54) is 11.3 Å². The lowest BCUT2D eigenvalue weighted by Gasteiger charge is -2.26. The molecule has 4 nitrogen and oxygen atoms in total. The molecule has 116 valence electrons. The van der Waals surface area contributed by atoms with Crippen molar-refractivity contribution in [2.45, 2.75) is 31.6 Å². The van der Waals surface area contributed by atoms with Gasteiger partial charge in [-0.2, -0.15) is 0 Å². The number of likely N-dealkylation sites (tertiary alicyclic amines) is 1. The molecule has 22 heavy (non-hydrogen) atoms. The van der Waals surface area contributed by atoms with Crippen LogP contribution >= 0.6 is 11.3 Å². The van der Waals surface area contributed by atoms with Gasteiger partial charge < -0.3 is 14.4 Å². The third-order valence-corrected chi connectivity index (χ3v) is 5.55. The molecule has 1 aliphatic carbocycles. The van der Waals surface area contributed by atoms with Crippen LogP contribution in [-0.2, 0) is 9.47 Å². The second-order valence-electron chi connectivity index (χ2n) is 5.95. The Morgan fingerprint density at radius 1 is 1.23 bits per heavy atom. The van der Waals surface area contributed by atoms with Crippen LogP contribution in [0.25, 0.3) is 0 Å². The molecule has 4 rings (SSSR count). The highest BCUT2D eigenvalue weighted by atomic mass is 32.1. The van der Waals surface area contributed by atoms with Crippen LogP contribution < -0.4 is 0 Å². The first-order valence-electron chi connectivity index (χ1n) is 7.86. The van der Waals surface area contributed by atoms with Crippen LogP contribution in [0.4, 0.5) is 0 Å². The summed E-state index contributed by atoms with van der Waals surface area (Å²) in [5, 5.41) is 2.00. The molecule has 1 fully saturated rings. The SMILES string of the molecule is O=C(c1csc(C2C=CC3=C(C2)OCO3)c1)N1CCCCC1. The summed E-state index contributed by atoms with van der Waals surface area (Å²) in [4.78, 5) is 15.7. The average molecular weight is 317 g/mol. The second kappa shape index (κ2) is 5.80. The molecule has 0 spiro atoms. The quantitative estimate of drug-likeness (QED) is 0.836. The van der Waals surface area contributed by atoms with E-state index in [0.717, 1.165) is 49.4 Å². The highest BCUT2D eigenvalue weighted by Gasteiger charge is 2.26. The third kappa shape index (κ3) is 2.54. The Balaban J connectivity index is 1.47. The van der Waals surface area contributed by atoms with E-state index >= 15 is 0 Å². The first kappa shape index (κ1) is 13.9. The van der Waals surface area contributed by atoms with Crippen molar-refractivity contribution in [1.29, 1.82) is 0 Å². The maximum absolute atomic E-state index is 12.5. The molecule has 1 aromatic rings. The summed E-state index contributed by atoms with van der Waals surface area (Å²) < 4.78 is 10.9. The van der Waals surface area contributed by atoms with Crippen molar-refractivity contribution in [2.24, 2.45) is 0 Å². The van der Waals surface area contributed by atoms with Gasteiger partial charge in [-0.1, -0.05) is 6.08 Å². The Labute approximate surface area is 134 Å². The molecule has 1 amide bonds. The van der Waals surface area contributed by atoms with Crippen molar-refractivity contribution in [1.82, 2.24) is 4.90 Å². The third-order valence-electron chi connectivity index (χ3n) is 4.48. The van der Waals surface area contributed by atoms with Crippen LogP contribution in [0, 0.1) is 0 Å². The van der Waals surface area contributed by atoms with E-state index < -0.39 is 0 Å². The number of allylic oxidation sites excluding steroid dienone is 3. The lowest BCUT2D eigenvalue weighted by atomic mass is 9.96. The first-order chi connectivity index (χ1) is 10.8. The summed E-state index contributed by atoms with van der Waals surface area (Å²) in [5.41, 5.74) is 0.832. The second-order valence-corrected chi connectivity index (χ2v) is 6.90. The van der Waals surface area contributed by atoms with E-state index in [9.17, 15) is 4.79 Å². The number of amides is 1. The van der Waals surface area contributed by atoms with Crippen molar-refractivity contribution in [3.8, 4) is 0 Å². The number of rotatable bonds is 2. The maximum Gasteiger partial charge on any atom is 0.254 e. The molecule has 1 atom stereocenters. The van der Waals surface area contributed by atoms with Gasteiger partial charge in [0.15, 0.2) is 5.76 Å². The number of carbonyl (C=O) groups is 1. The van der Waals surface area contributed by atoms with Crippen LogP contribution in [0.2, 0.25) is 0 Å². The highest BCUT2D eigenvalue weighted by Crippen LogP contribution is 2.37. The molecule has 0 bridgehead atoms. The number of hydrogen-bond acceptors (Lipinski definition) is 4. The fourth-order valence-corrected chi connectivity index (χ4v) is 4.19.